The Balaban J connectivity index is 1.86. The number of benzene rings is 4. The highest BCUT2D eigenvalue weighted by Gasteiger charge is 2.35. The molecule has 2 aliphatic carbocycles. The Hall–Kier alpha value is -1.46. The van der Waals surface area contributed by atoms with Gasteiger partial charge in [0.05, 0.1) is 0 Å². The van der Waals surface area contributed by atoms with Crippen LogP contribution in [0.1, 0.15) is 22.3 Å². The molecule has 0 heterocycles. The molecule has 0 aliphatic heterocycles. The van der Waals surface area contributed by atoms with Crippen molar-refractivity contribution in [2.45, 2.75) is 0 Å². The Morgan fingerprint density at radius 3 is 1.20 bits per heavy atom. The predicted octanol–water partition coefficient (Wildman–Crippen LogP) is 9.70. The SMILES string of the molecule is Brc1c(Br)c(Br)c2c(c1Br)C(=C1c3ccccc3-c3ccccc31)c1ccccc1-2. The van der Waals surface area contributed by atoms with E-state index in [0.29, 0.717) is 0 Å². The lowest BCUT2D eigenvalue weighted by molar-refractivity contribution is 1.47. The molecule has 0 atom stereocenters. The molecule has 0 fully saturated rings. The van der Waals surface area contributed by atoms with Gasteiger partial charge in [-0.3, -0.25) is 0 Å². The minimum Gasteiger partial charge on any atom is -0.0616 e. The second kappa shape index (κ2) is 7.03. The summed E-state index contributed by atoms with van der Waals surface area (Å²) in [4.78, 5) is 0. The average Bonchev–Trinajstić information content (AvgIpc) is 3.29. The highest BCUT2D eigenvalue weighted by Crippen LogP contribution is 2.59. The van der Waals surface area contributed by atoms with Crippen LogP contribution in [0.5, 0.6) is 0 Å². The van der Waals surface area contributed by atoms with Crippen LogP contribution < -0.4 is 0 Å². The van der Waals surface area contributed by atoms with Gasteiger partial charge in [-0.1, -0.05) is 72.8 Å². The smallest absolute Gasteiger partial charge is 0.0477 e. The maximum absolute atomic E-state index is 3.91. The van der Waals surface area contributed by atoms with Gasteiger partial charge in [0.15, 0.2) is 0 Å². The first-order valence-corrected chi connectivity index (χ1v) is 12.7. The van der Waals surface area contributed by atoms with E-state index in [-0.39, 0.29) is 0 Å². The van der Waals surface area contributed by atoms with E-state index in [4.69, 9.17) is 0 Å². The summed E-state index contributed by atoms with van der Waals surface area (Å²) in [5.74, 6) is 0. The molecule has 4 aromatic rings. The van der Waals surface area contributed by atoms with E-state index >= 15 is 0 Å². The Morgan fingerprint density at radius 1 is 0.333 bits per heavy atom. The van der Waals surface area contributed by atoms with Gasteiger partial charge in [0, 0.05) is 29.0 Å². The second-order valence-electron chi connectivity index (χ2n) is 7.39. The van der Waals surface area contributed by atoms with Crippen molar-refractivity contribution in [1.82, 2.24) is 0 Å². The number of rotatable bonds is 0. The van der Waals surface area contributed by atoms with Gasteiger partial charge in [0.2, 0.25) is 0 Å². The minimum atomic E-state index is 1.01. The Morgan fingerprint density at radius 2 is 0.700 bits per heavy atom. The molecule has 0 nitrogen and oxygen atoms in total. The molecule has 0 saturated carbocycles. The Bertz CT molecular complexity index is 1380. The van der Waals surface area contributed by atoms with Crippen molar-refractivity contribution in [3.63, 3.8) is 0 Å². The van der Waals surface area contributed by atoms with E-state index in [0.717, 1.165) is 17.9 Å². The zero-order chi connectivity index (χ0) is 20.6. The third kappa shape index (κ3) is 2.48. The van der Waals surface area contributed by atoms with Gasteiger partial charge in [-0.15, -0.1) is 0 Å². The molecule has 0 bridgehead atoms. The lowest BCUT2D eigenvalue weighted by atomic mass is 9.92. The highest BCUT2D eigenvalue weighted by molar-refractivity contribution is 9.15. The maximum Gasteiger partial charge on any atom is 0.0477 e. The Kier molecular flexibility index (Phi) is 4.51. The van der Waals surface area contributed by atoms with E-state index in [1.807, 2.05) is 0 Å². The van der Waals surface area contributed by atoms with Crippen molar-refractivity contribution in [2.24, 2.45) is 0 Å². The van der Waals surface area contributed by atoms with Crippen LogP contribution in [-0.4, -0.2) is 0 Å². The fourth-order valence-electron chi connectivity index (χ4n) is 4.72. The number of halogens is 4. The second-order valence-corrected chi connectivity index (χ2v) is 10.6. The molecule has 0 spiro atoms. The van der Waals surface area contributed by atoms with Crippen molar-refractivity contribution in [3.05, 3.63) is 113 Å². The van der Waals surface area contributed by atoms with Gasteiger partial charge in [0.25, 0.3) is 0 Å². The molecule has 0 N–H and O–H groups in total. The zero-order valence-electron chi connectivity index (χ0n) is 15.4. The van der Waals surface area contributed by atoms with Crippen LogP contribution in [0, 0.1) is 0 Å². The monoisotopic (exact) mass is 640 g/mol. The van der Waals surface area contributed by atoms with Gasteiger partial charge in [-0.05, 0) is 108 Å². The molecule has 0 radical (unpaired) electrons. The summed E-state index contributed by atoms with van der Waals surface area (Å²) in [6.45, 7) is 0. The van der Waals surface area contributed by atoms with Crippen LogP contribution in [-0.2, 0) is 0 Å². The van der Waals surface area contributed by atoms with Crippen molar-refractivity contribution in [3.8, 4) is 22.3 Å². The zero-order valence-corrected chi connectivity index (χ0v) is 21.8. The fourth-order valence-corrected chi connectivity index (χ4v) is 7.25. The van der Waals surface area contributed by atoms with Gasteiger partial charge >= 0.3 is 0 Å². The molecule has 144 valence electrons. The summed E-state index contributed by atoms with van der Waals surface area (Å²) in [6.07, 6.45) is 0. The third-order valence-electron chi connectivity index (χ3n) is 5.92. The van der Waals surface area contributed by atoms with Crippen LogP contribution in [0.3, 0.4) is 0 Å². The molecule has 4 aromatic carbocycles. The van der Waals surface area contributed by atoms with Crippen LogP contribution in [0.2, 0.25) is 0 Å². The lowest BCUT2D eigenvalue weighted by Crippen LogP contribution is -1.93. The number of hydrogen-bond donors (Lipinski definition) is 0. The standard InChI is InChI=1S/C26H12Br4/c27-23-21-18-12-6-5-11-17(18)20(22(21)24(28)26(30)25(23)29)19-15-9-3-1-7-13(15)14-8-2-4-10-16(14)19/h1-12H. The molecule has 0 amide bonds. The highest BCUT2D eigenvalue weighted by atomic mass is 79.9. The molecule has 6 rings (SSSR count). The van der Waals surface area contributed by atoms with Crippen molar-refractivity contribution in [2.75, 3.05) is 0 Å². The third-order valence-corrected chi connectivity index (χ3v) is 10.7. The van der Waals surface area contributed by atoms with E-state index in [1.165, 1.54) is 55.7 Å². The first-order valence-electron chi connectivity index (χ1n) is 9.49. The number of fused-ring (bicyclic) bond motifs is 6. The van der Waals surface area contributed by atoms with Crippen LogP contribution in [0.25, 0.3) is 33.4 Å². The van der Waals surface area contributed by atoms with E-state index in [9.17, 15) is 0 Å². The summed E-state index contributed by atoms with van der Waals surface area (Å²) in [5.41, 5.74) is 12.7. The molecule has 30 heavy (non-hydrogen) atoms. The molecular weight excluding hydrogens is 632 g/mol. The van der Waals surface area contributed by atoms with E-state index in [2.05, 4.69) is 137 Å². The topological polar surface area (TPSA) is 0 Å². The lowest BCUT2D eigenvalue weighted by Gasteiger charge is -2.15. The summed E-state index contributed by atoms with van der Waals surface area (Å²) in [6, 6.07) is 26.2. The van der Waals surface area contributed by atoms with Gasteiger partial charge in [-0.2, -0.15) is 0 Å². The quantitative estimate of drug-likeness (QED) is 0.114. The van der Waals surface area contributed by atoms with Gasteiger partial charge < -0.3 is 0 Å². The van der Waals surface area contributed by atoms with Crippen molar-refractivity contribution >= 4 is 74.9 Å². The first-order chi connectivity index (χ1) is 14.6. The van der Waals surface area contributed by atoms with E-state index in [1.54, 1.807) is 0 Å². The normalized spacial score (nSPS) is 13.2. The minimum absolute atomic E-state index is 1.01. The van der Waals surface area contributed by atoms with Crippen LogP contribution in [0.15, 0.2) is 90.7 Å². The van der Waals surface area contributed by atoms with E-state index < -0.39 is 0 Å². The summed E-state index contributed by atoms with van der Waals surface area (Å²) < 4.78 is 4.16. The summed E-state index contributed by atoms with van der Waals surface area (Å²) in [7, 11) is 0. The summed E-state index contributed by atoms with van der Waals surface area (Å²) in [5, 5.41) is 0. The van der Waals surface area contributed by atoms with Gasteiger partial charge in [0.1, 0.15) is 0 Å². The van der Waals surface area contributed by atoms with Crippen molar-refractivity contribution in [1.29, 1.82) is 0 Å². The summed E-state index contributed by atoms with van der Waals surface area (Å²) >= 11 is 15.3. The molecule has 0 saturated heterocycles. The van der Waals surface area contributed by atoms with Crippen LogP contribution >= 0.6 is 63.7 Å². The molecule has 0 aromatic heterocycles. The first kappa shape index (κ1) is 19.2. The average molecular weight is 644 g/mol. The molecule has 2 aliphatic rings. The predicted molar refractivity (Wildman–Crippen MR) is 140 cm³/mol. The van der Waals surface area contributed by atoms with Crippen LogP contribution in [0.4, 0.5) is 0 Å². The maximum atomic E-state index is 3.91. The van der Waals surface area contributed by atoms with Crippen molar-refractivity contribution < 1.29 is 0 Å². The number of hydrogen-bond acceptors (Lipinski definition) is 0. The molecule has 4 heteroatoms. The fraction of sp³-hybridized carbons (Fsp3) is 0. The largest absolute Gasteiger partial charge is 0.0616 e. The Labute approximate surface area is 208 Å². The molecular formula is C26H12Br4. The molecule has 0 unspecified atom stereocenters. The van der Waals surface area contributed by atoms with Gasteiger partial charge in [-0.25, -0.2) is 0 Å².